The minimum absolute atomic E-state index is 0.0223. The summed E-state index contributed by atoms with van der Waals surface area (Å²) < 4.78 is 5.64. The standard InChI is InChI=1S/C17H27N3O2/c1-2-9-20(13-14-6-5-12-22-14)17(21)18-15-8-11-19-10-4-3-7-16(15)19/h1,14-16H,3-13H2,(H,18,21)/t14-,15+,16-/m0/s1. The molecule has 0 unspecified atom stereocenters. The smallest absolute Gasteiger partial charge is 0.318 e. The minimum Gasteiger partial charge on any atom is -0.376 e. The number of hydrogen-bond acceptors (Lipinski definition) is 3. The van der Waals surface area contributed by atoms with Gasteiger partial charge in [0.05, 0.1) is 12.6 Å². The Morgan fingerprint density at radius 1 is 1.27 bits per heavy atom. The number of terminal acetylenes is 1. The SMILES string of the molecule is C#CCN(C[C@@H]1CCCO1)C(=O)N[C@@H]1CCN2CCCC[C@@H]12. The molecule has 22 heavy (non-hydrogen) atoms. The van der Waals surface area contributed by atoms with Gasteiger partial charge in [0, 0.05) is 31.8 Å². The van der Waals surface area contributed by atoms with Crippen LogP contribution in [0.15, 0.2) is 0 Å². The topological polar surface area (TPSA) is 44.8 Å². The van der Waals surface area contributed by atoms with Crippen molar-refractivity contribution in [2.75, 3.05) is 32.8 Å². The average Bonchev–Trinajstić information content (AvgIpc) is 3.17. The number of carbonyl (C=O) groups is 1. The summed E-state index contributed by atoms with van der Waals surface area (Å²) in [7, 11) is 0. The van der Waals surface area contributed by atoms with Gasteiger partial charge in [-0.1, -0.05) is 12.3 Å². The molecule has 3 atom stereocenters. The van der Waals surface area contributed by atoms with Gasteiger partial charge >= 0.3 is 6.03 Å². The number of rotatable bonds is 4. The zero-order chi connectivity index (χ0) is 15.4. The number of nitrogens with zero attached hydrogens (tertiary/aromatic N) is 2. The van der Waals surface area contributed by atoms with Crippen LogP contribution in [-0.2, 0) is 4.74 Å². The van der Waals surface area contributed by atoms with E-state index < -0.39 is 0 Å². The fourth-order valence-electron chi connectivity index (χ4n) is 4.03. The maximum atomic E-state index is 12.6. The first-order valence-electron chi connectivity index (χ1n) is 8.62. The molecule has 1 N–H and O–H groups in total. The van der Waals surface area contributed by atoms with E-state index in [0.29, 0.717) is 19.1 Å². The second kappa shape index (κ2) is 7.34. The maximum Gasteiger partial charge on any atom is 0.318 e. The van der Waals surface area contributed by atoms with E-state index >= 15 is 0 Å². The largest absolute Gasteiger partial charge is 0.376 e. The van der Waals surface area contributed by atoms with Crippen LogP contribution in [0.2, 0.25) is 0 Å². The zero-order valence-electron chi connectivity index (χ0n) is 13.3. The van der Waals surface area contributed by atoms with Crippen LogP contribution < -0.4 is 5.32 Å². The summed E-state index contributed by atoms with van der Waals surface area (Å²) in [5.74, 6) is 2.60. The molecule has 3 rings (SSSR count). The fourth-order valence-corrected chi connectivity index (χ4v) is 4.03. The van der Waals surface area contributed by atoms with Crippen molar-refractivity contribution in [2.45, 2.75) is 56.7 Å². The number of fused-ring (bicyclic) bond motifs is 1. The molecule has 0 bridgehead atoms. The summed E-state index contributed by atoms with van der Waals surface area (Å²) in [6.07, 6.45) is 12.5. The van der Waals surface area contributed by atoms with Crippen LogP contribution in [0.3, 0.4) is 0 Å². The molecule has 122 valence electrons. The van der Waals surface area contributed by atoms with Crippen molar-refractivity contribution in [2.24, 2.45) is 0 Å². The third kappa shape index (κ3) is 3.56. The highest BCUT2D eigenvalue weighted by atomic mass is 16.5. The van der Waals surface area contributed by atoms with Gasteiger partial charge in [0.1, 0.15) is 0 Å². The van der Waals surface area contributed by atoms with Crippen molar-refractivity contribution in [1.29, 1.82) is 0 Å². The first-order valence-corrected chi connectivity index (χ1v) is 8.62. The molecule has 0 aromatic rings. The lowest BCUT2D eigenvalue weighted by Gasteiger charge is -2.33. The van der Waals surface area contributed by atoms with Gasteiger partial charge in [-0.3, -0.25) is 4.90 Å². The molecule has 5 nitrogen and oxygen atoms in total. The highest BCUT2D eigenvalue weighted by Gasteiger charge is 2.37. The van der Waals surface area contributed by atoms with Crippen LogP contribution in [0, 0.1) is 12.3 Å². The van der Waals surface area contributed by atoms with Gasteiger partial charge in [-0.05, 0) is 38.6 Å². The molecule has 0 radical (unpaired) electrons. The normalized spacial score (nSPS) is 31.5. The van der Waals surface area contributed by atoms with Crippen LogP contribution in [0.4, 0.5) is 4.79 Å². The van der Waals surface area contributed by atoms with E-state index in [4.69, 9.17) is 11.2 Å². The molecule has 3 heterocycles. The lowest BCUT2D eigenvalue weighted by molar-refractivity contribution is 0.0834. The van der Waals surface area contributed by atoms with Crippen LogP contribution in [-0.4, -0.2) is 66.8 Å². The molecular formula is C17H27N3O2. The van der Waals surface area contributed by atoms with Crippen LogP contribution in [0.25, 0.3) is 0 Å². The average molecular weight is 305 g/mol. The van der Waals surface area contributed by atoms with E-state index in [1.807, 2.05) is 0 Å². The number of ether oxygens (including phenoxy) is 1. The molecule has 0 aliphatic carbocycles. The monoisotopic (exact) mass is 305 g/mol. The summed E-state index contributed by atoms with van der Waals surface area (Å²) in [4.78, 5) is 16.9. The van der Waals surface area contributed by atoms with E-state index in [9.17, 15) is 4.79 Å². The molecule has 0 spiro atoms. The van der Waals surface area contributed by atoms with Gasteiger partial charge in [-0.25, -0.2) is 4.79 Å². The van der Waals surface area contributed by atoms with E-state index in [2.05, 4.69) is 16.1 Å². The van der Waals surface area contributed by atoms with E-state index in [1.54, 1.807) is 4.90 Å². The Labute approximate surface area is 133 Å². The van der Waals surface area contributed by atoms with Gasteiger partial charge in [-0.15, -0.1) is 6.42 Å². The van der Waals surface area contributed by atoms with E-state index in [0.717, 1.165) is 32.4 Å². The van der Waals surface area contributed by atoms with Gasteiger partial charge in [0.25, 0.3) is 0 Å². The maximum absolute atomic E-state index is 12.6. The number of amides is 2. The number of urea groups is 1. The summed E-state index contributed by atoms with van der Waals surface area (Å²) in [5.41, 5.74) is 0. The summed E-state index contributed by atoms with van der Waals surface area (Å²) in [6.45, 7) is 4.05. The second-order valence-electron chi connectivity index (χ2n) is 6.66. The van der Waals surface area contributed by atoms with Crippen LogP contribution in [0.5, 0.6) is 0 Å². The van der Waals surface area contributed by atoms with Gasteiger partial charge in [0.2, 0.25) is 0 Å². The second-order valence-corrected chi connectivity index (χ2v) is 6.66. The number of piperidine rings is 1. The van der Waals surface area contributed by atoms with Gasteiger partial charge in [-0.2, -0.15) is 0 Å². The Morgan fingerprint density at radius 3 is 2.95 bits per heavy atom. The van der Waals surface area contributed by atoms with Crippen LogP contribution >= 0.6 is 0 Å². The van der Waals surface area contributed by atoms with Crippen molar-refractivity contribution in [3.63, 3.8) is 0 Å². The van der Waals surface area contributed by atoms with Crippen molar-refractivity contribution >= 4 is 6.03 Å². The van der Waals surface area contributed by atoms with Crippen molar-refractivity contribution < 1.29 is 9.53 Å². The van der Waals surface area contributed by atoms with Crippen molar-refractivity contribution in [3.8, 4) is 12.3 Å². The molecule has 0 aromatic heterocycles. The summed E-state index contributed by atoms with van der Waals surface area (Å²) >= 11 is 0. The quantitative estimate of drug-likeness (QED) is 0.799. The molecule has 2 amide bonds. The minimum atomic E-state index is -0.0223. The van der Waals surface area contributed by atoms with E-state index in [1.165, 1.54) is 25.8 Å². The molecule has 0 aromatic carbocycles. The van der Waals surface area contributed by atoms with Crippen molar-refractivity contribution in [1.82, 2.24) is 15.1 Å². The predicted molar refractivity (Wildman–Crippen MR) is 85.5 cm³/mol. The Bertz CT molecular complexity index is 428. The first kappa shape index (κ1) is 15.6. The Hall–Kier alpha value is -1.25. The zero-order valence-corrected chi connectivity index (χ0v) is 13.3. The highest BCUT2D eigenvalue weighted by Crippen LogP contribution is 2.27. The van der Waals surface area contributed by atoms with Crippen molar-refractivity contribution in [3.05, 3.63) is 0 Å². The highest BCUT2D eigenvalue weighted by molar-refractivity contribution is 5.75. The summed E-state index contributed by atoms with van der Waals surface area (Å²) in [6, 6.07) is 0.775. The molecule has 0 saturated carbocycles. The van der Waals surface area contributed by atoms with Gasteiger partial charge in [0.15, 0.2) is 0 Å². The fraction of sp³-hybridized carbons (Fsp3) is 0.824. The summed E-state index contributed by atoms with van der Waals surface area (Å²) in [5, 5.41) is 3.23. The molecule has 3 saturated heterocycles. The molecule has 3 aliphatic heterocycles. The predicted octanol–water partition coefficient (Wildman–Crippen LogP) is 1.44. The van der Waals surface area contributed by atoms with Crippen LogP contribution in [0.1, 0.15) is 38.5 Å². The third-order valence-corrected chi connectivity index (χ3v) is 5.18. The Balaban J connectivity index is 1.55. The van der Waals surface area contributed by atoms with Gasteiger partial charge < -0.3 is 15.0 Å². The Morgan fingerprint density at radius 2 is 2.18 bits per heavy atom. The number of hydrogen-bond donors (Lipinski definition) is 1. The lowest BCUT2D eigenvalue weighted by atomic mass is 9.99. The lowest BCUT2D eigenvalue weighted by Crippen LogP contribution is -2.52. The Kier molecular flexibility index (Phi) is 5.22. The number of nitrogens with one attached hydrogen (secondary N) is 1. The molecule has 5 heteroatoms. The number of carbonyl (C=O) groups excluding carboxylic acids is 1. The molecule has 3 fully saturated rings. The van der Waals surface area contributed by atoms with E-state index in [-0.39, 0.29) is 18.2 Å². The first-order chi connectivity index (χ1) is 10.8. The molecule has 3 aliphatic rings. The molecular weight excluding hydrogens is 278 g/mol. The third-order valence-electron chi connectivity index (χ3n) is 5.18.